The lowest BCUT2D eigenvalue weighted by Crippen LogP contribution is -2.33. The van der Waals surface area contributed by atoms with Gasteiger partial charge in [0.05, 0.1) is 44.5 Å². The Morgan fingerprint density at radius 2 is 1.94 bits per heavy atom. The molecule has 1 fully saturated rings. The fourth-order valence-electron chi connectivity index (χ4n) is 4.29. The first-order valence-electron chi connectivity index (χ1n) is 11.1. The fourth-order valence-corrected chi connectivity index (χ4v) is 5.85. The van der Waals surface area contributed by atoms with Crippen LogP contribution >= 0.6 is 11.6 Å². The number of ether oxygens (including phenoxy) is 1. The van der Waals surface area contributed by atoms with E-state index in [-0.39, 0.29) is 24.5 Å². The average Bonchev–Trinajstić information content (AvgIpc) is 3.36. The third-order valence-electron chi connectivity index (χ3n) is 6.02. The highest BCUT2D eigenvalue weighted by molar-refractivity contribution is 7.85. The Morgan fingerprint density at radius 3 is 2.74 bits per heavy atom. The molecule has 2 heterocycles. The van der Waals surface area contributed by atoms with Crippen LogP contribution in [-0.2, 0) is 22.1 Å². The zero-order valence-corrected chi connectivity index (χ0v) is 19.9. The number of hydrogen-bond acceptors (Lipinski definition) is 4. The van der Waals surface area contributed by atoms with E-state index in [0.717, 1.165) is 18.4 Å². The molecule has 2 amide bonds. The molecule has 0 aromatic heterocycles. The molecule has 3 aromatic carbocycles. The van der Waals surface area contributed by atoms with Crippen LogP contribution in [0.5, 0.6) is 0 Å². The van der Waals surface area contributed by atoms with Crippen LogP contribution in [0.1, 0.15) is 39.1 Å². The zero-order valence-electron chi connectivity index (χ0n) is 18.3. The van der Waals surface area contributed by atoms with E-state index in [1.807, 2.05) is 12.1 Å². The molecular weight excluding hydrogens is 472 g/mol. The molecule has 1 saturated heterocycles. The van der Waals surface area contributed by atoms with Gasteiger partial charge in [0.1, 0.15) is 0 Å². The Balaban J connectivity index is 1.54. The van der Waals surface area contributed by atoms with Crippen molar-refractivity contribution >= 4 is 39.9 Å². The van der Waals surface area contributed by atoms with E-state index in [1.54, 1.807) is 59.5 Å². The molecule has 1 N–H and O–H groups in total. The normalized spacial score (nSPS) is 19.3. The van der Waals surface area contributed by atoms with Crippen LogP contribution in [0.3, 0.4) is 0 Å². The third kappa shape index (κ3) is 4.51. The van der Waals surface area contributed by atoms with Crippen molar-refractivity contribution in [2.24, 2.45) is 0 Å². The first-order valence-corrected chi connectivity index (χ1v) is 12.6. The van der Waals surface area contributed by atoms with Crippen molar-refractivity contribution in [2.45, 2.75) is 35.3 Å². The fraction of sp³-hybridized carbons (Fsp3) is 0.231. The highest BCUT2D eigenvalue weighted by atomic mass is 35.5. The lowest BCUT2D eigenvalue weighted by atomic mass is 10.1. The molecule has 0 radical (unpaired) electrons. The van der Waals surface area contributed by atoms with E-state index >= 15 is 0 Å². The molecule has 5 rings (SSSR count). The van der Waals surface area contributed by atoms with E-state index < -0.39 is 10.8 Å². The minimum Gasteiger partial charge on any atom is -0.376 e. The van der Waals surface area contributed by atoms with Gasteiger partial charge in [0, 0.05) is 23.7 Å². The summed E-state index contributed by atoms with van der Waals surface area (Å²) in [5.74, 6) is -0.541. The second-order valence-corrected chi connectivity index (χ2v) is 10.2. The number of hydrogen-bond donors (Lipinski definition) is 1. The number of rotatable bonds is 5. The molecule has 0 spiro atoms. The van der Waals surface area contributed by atoms with Crippen molar-refractivity contribution < 1.29 is 18.5 Å². The predicted molar refractivity (Wildman–Crippen MR) is 131 cm³/mol. The van der Waals surface area contributed by atoms with Crippen LogP contribution < -0.4 is 10.2 Å². The van der Waals surface area contributed by atoms with Crippen molar-refractivity contribution in [3.8, 4) is 0 Å². The molecule has 8 heteroatoms. The Kier molecular flexibility index (Phi) is 6.50. The van der Waals surface area contributed by atoms with E-state index in [4.69, 9.17) is 16.3 Å². The monoisotopic (exact) mass is 494 g/mol. The number of anilines is 1. The molecular formula is C26H23ClN2O4S. The Hall–Kier alpha value is -3.00. The molecule has 2 aliphatic rings. The number of nitrogens with zero attached hydrogens (tertiary/aromatic N) is 1. The molecule has 6 nitrogen and oxygen atoms in total. The molecule has 3 aromatic rings. The first-order chi connectivity index (χ1) is 16.5. The number of halogens is 1. The largest absolute Gasteiger partial charge is 0.376 e. The smallest absolute Gasteiger partial charge is 0.259 e. The lowest BCUT2D eigenvalue weighted by Gasteiger charge is -2.24. The van der Waals surface area contributed by atoms with Gasteiger partial charge in [0.2, 0.25) is 0 Å². The Labute approximate surface area is 205 Å². The van der Waals surface area contributed by atoms with Crippen molar-refractivity contribution in [3.05, 3.63) is 88.4 Å². The van der Waals surface area contributed by atoms with Gasteiger partial charge >= 0.3 is 0 Å². The summed E-state index contributed by atoms with van der Waals surface area (Å²) in [4.78, 5) is 29.1. The van der Waals surface area contributed by atoms with Crippen LogP contribution in [-0.4, -0.2) is 35.3 Å². The Bertz CT molecular complexity index is 1290. The average molecular weight is 495 g/mol. The summed E-state index contributed by atoms with van der Waals surface area (Å²) in [6.07, 6.45) is 1.93. The maximum atomic E-state index is 13.7. The molecule has 2 aliphatic heterocycles. The Morgan fingerprint density at radius 1 is 1.09 bits per heavy atom. The van der Waals surface area contributed by atoms with Gasteiger partial charge in [-0.1, -0.05) is 35.9 Å². The van der Waals surface area contributed by atoms with Gasteiger partial charge in [-0.2, -0.15) is 0 Å². The summed E-state index contributed by atoms with van der Waals surface area (Å²) in [5.41, 5.74) is 2.04. The molecule has 0 saturated carbocycles. The summed E-state index contributed by atoms with van der Waals surface area (Å²) in [6, 6.07) is 19.1. The van der Waals surface area contributed by atoms with Gasteiger partial charge < -0.3 is 15.0 Å². The van der Waals surface area contributed by atoms with Gasteiger partial charge in [0.15, 0.2) is 0 Å². The summed E-state index contributed by atoms with van der Waals surface area (Å²) >= 11 is 6.18. The number of nitrogens with one attached hydrogen (secondary N) is 1. The summed E-state index contributed by atoms with van der Waals surface area (Å²) in [7, 11) is -1.58. The second-order valence-electron chi connectivity index (χ2n) is 8.31. The summed E-state index contributed by atoms with van der Waals surface area (Å²) in [5, 5.41) is 3.48. The number of fused-ring (bicyclic) bond motifs is 2. The van der Waals surface area contributed by atoms with Crippen molar-refractivity contribution in [1.82, 2.24) is 5.32 Å². The third-order valence-corrected chi connectivity index (χ3v) is 7.75. The van der Waals surface area contributed by atoms with Gasteiger partial charge in [0.25, 0.3) is 11.8 Å². The minimum absolute atomic E-state index is 0.0210. The van der Waals surface area contributed by atoms with Crippen LogP contribution in [0.25, 0.3) is 0 Å². The molecule has 2 unspecified atom stereocenters. The highest BCUT2D eigenvalue weighted by Gasteiger charge is 2.31. The summed E-state index contributed by atoms with van der Waals surface area (Å²) in [6.45, 7) is 1.36. The predicted octanol–water partition coefficient (Wildman–Crippen LogP) is 4.58. The van der Waals surface area contributed by atoms with Gasteiger partial charge in [-0.25, -0.2) is 4.21 Å². The van der Waals surface area contributed by atoms with Crippen molar-refractivity contribution in [1.29, 1.82) is 0 Å². The topological polar surface area (TPSA) is 75.7 Å². The number of benzene rings is 3. The van der Waals surface area contributed by atoms with E-state index in [0.29, 0.717) is 44.8 Å². The maximum absolute atomic E-state index is 13.7. The second kappa shape index (κ2) is 9.70. The molecule has 0 bridgehead atoms. The molecule has 174 valence electrons. The van der Waals surface area contributed by atoms with Gasteiger partial charge in [-0.15, -0.1) is 0 Å². The number of carbonyl (C=O) groups excluding carboxylic acids is 2. The SMILES string of the molecule is O=C(NCC1CCCO1)c1ccc2c(c1)N(Cc1cccc(Cl)c1)C(=O)c1ccccc1S2=O. The number of carbonyl (C=O) groups is 2. The van der Waals surface area contributed by atoms with Gasteiger partial charge in [-0.05, 0) is 60.9 Å². The van der Waals surface area contributed by atoms with Crippen molar-refractivity contribution in [2.75, 3.05) is 18.1 Å². The van der Waals surface area contributed by atoms with Crippen LogP contribution in [0.4, 0.5) is 5.69 Å². The van der Waals surface area contributed by atoms with E-state index in [2.05, 4.69) is 5.32 Å². The van der Waals surface area contributed by atoms with E-state index in [1.165, 1.54) is 0 Å². The molecule has 34 heavy (non-hydrogen) atoms. The zero-order chi connectivity index (χ0) is 23.7. The van der Waals surface area contributed by atoms with Crippen LogP contribution in [0, 0.1) is 0 Å². The first kappa shape index (κ1) is 22.8. The van der Waals surface area contributed by atoms with E-state index in [9.17, 15) is 13.8 Å². The van der Waals surface area contributed by atoms with Crippen LogP contribution in [0.15, 0.2) is 76.5 Å². The highest BCUT2D eigenvalue weighted by Crippen LogP contribution is 2.36. The summed E-state index contributed by atoms with van der Waals surface area (Å²) < 4.78 is 19.1. The minimum atomic E-state index is -1.58. The van der Waals surface area contributed by atoms with Crippen molar-refractivity contribution in [3.63, 3.8) is 0 Å². The maximum Gasteiger partial charge on any atom is 0.259 e. The van der Waals surface area contributed by atoms with Crippen LogP contribution in [0.2, 0.25) is 5.02 Å². The molecule has 0 aliphatic carbocycles. The molecule has 2 atom stereocenters. The quantitative estimate of drug-likeness (QED) is 0.563. The van der Waals surface area contributed by atoms with Gasteiger partial charge in [-0.3, -0.25) is 9.59 Å². The number of amides is 2. The standard InChI is InChI=1S/C26H23ClN2O4S/c27-19-6-3-5-17(13-19)16-29-22-14-18(25(30)28-15-20-7-4-12-33-20)10-11-24(22)34(32)23-9-2-1-8-21(23)26(29)31/h1-3,5-6,8-11,13-14,20H,4,7,12,15-16H2,(H,28,30). The lowest BCUT2D eigenvalue weighted by molar-refractivity contribution is 0.0857.